The number of hydrogen-bond acceptors (Lipinski definition) is 6. The van der Waals surface area contributed by atoms with Gasteiger partial charge in [0.2, 0.25) is 0 Å². The van der Waals surface area contributed by atoms with E-state index in [1.165, 1.54) is 11.3 Å². The number of nitrogens with zero attached hydrogens (tertiary/aromatic N) is 3. The SMILES string of the molecule is C#CCN(c1ccc2occc2c1)c1nc(=O)c2cccnc2s1. The molecule has 0 saturated carbocycles. The maximum Gasteiger partial charge on any atom is 0.282 e. The first-order chi connectivity index (χ1) is 11.8. The predicted molar refractivity (Wildman–Crippen MR) is 95.7 cm³/mol. The summed E-state index contributed by atoms with van der Waals surface area (Å²) in [6, 6.07) is 11.0. The fraction of sp³-hybridized carbons (Fsp3) is 0.0556. The molecule has 4 rings (SSSR count). The van der Waals surface area contributed by atoms with Gasteiger partial charge in [0.05, 0.1) is 18.2 Å². The summed E-state index contributed by atoms with van der Waals surface area (Å²) >= 11 is 1.34. The first-order valence-electron chi connectivity index (χ1n) is 7.20. The summed E-state index contributed by atoms with van der Waals surface area (Å²) in [6.45, 7) is 0.296. The molecule has 0 atom stereocenters. The van der Waals surface area contributed by atoms with Crippen LogP contribution in [0.4, 0.5) is 10.8 Å². The van der Waals surface area contributed by atoms with Crippen molar-refractivity contribution in [3.05, 3.63) is 59.2 Å². The Morgan fingerprint density at radius 3 is 3.08 bits per heavy atom. The molecular formula is C18H11N3O2S. The van der Waals surface area contributed by atoms with Crippen LogP contribution in [0.1, 0.15) is 0 Å². The lowest BCUT2D eigenvalue weighted by Crippen LogP contribution is -2.20. The fourth-order valence-electron chi connectivity index (χ4n) is 2.49. The third kappa shape index (κ3) is 2.41. The molecule has 0 N–H and O–H groups in total. The summed E-state index contributed by atoms with van der Waals surface area (Å²) in [5.41, 5.74) is 1.33. The molecule has 0 amide bonds. The number of aromatic nitrogens is 2. The zero-order valence-corrected chi connectivity index (χ0v) is 13.3. The van der Waals surface area contributed by atoms with Crippen molar-refractivity contribution >= 4 is 43.3 Å². The minimum Gasteiger partial charge on any atom is -0.464 e. The molecule has 24 heavy (non-hydrogen) atoms. The van der Waals surface area contributed by atoms with E-state index in [1.807, 2.05) is 29.2 Å². The number of anilines is 2. The fourth-order valence-corrected chi connectivity index (χ4v) is 3.45. The van der Waals surface area contributed by atoms with Crippen LogP contribution in [0.15, 0.2) is 58.1 Å². The van der Waals surface area contributed by atoms with Crippen LogP contribution >= 0.6 is 11.3 Å². The van der Waals surface area contributed by atoms with Crippen molar-refractivity contribution in [2.24, 2.45) is 0 Å². The van der Waals surface area contributed by atoms with Gasteiger partial charge in [0.25, 0.3) is 5.56 Å². The molecule has 0 fully saturated rings. The Morgan fingerprint density at radius 2 is 2.21 bits per heavy atom. The predicted octanol–water partition coefficient (Wildman–Crippen LogP) is 3.57. The molecule has 0 unspecified atom stereocenters. The van der Waals surface area contributed by atoms with Gasteiger partial charge in [0.1, 0.15) is 10.4 Å². The third-order valence-electron chi connectivity index (χ3n) is 3.61. The van der Waals surface area contributed by atoms with Crippen molar-refractivity contribution in [1.29, 1.82) is 0 Å². The number of rotatable bonds is 3. The highest BCUT2D eigenvalue weighted by Crippen LogP contribution is 2.31. The van der Waals surface area contributed by atoms with Crippen molar-refractivity contribution in [3.8, 4) is 12.3 Å². The Bertz CT molecular complexity index is 1140. The van der Waals surface area contributed by atoms with E-state index in [1.54, 1.807) is 24.6 Å². The molecule has 0 aliphatic heterocycles. The number of furan rings is 1. The molecule has 5 nitrogen and oxygen atoms in total. The van der Waals surface area contributed by atoms with Gasteiger partial charge in [-0.25, -0.2) is 4.98 Å². The van der Waals surface area contributed by atoms with Crippen molar-refractivity contribution in [1.82, 2.24) is 9.97 Å². The zero-order chi connectivity index (χ0) is 16.5. The monoisotopic (exact) mass is 333 g/mol. The van der Waals surface area contributed by atoms with Crippen LogP contribution in [0.3, 0.4) is 0 Å². The Kier molecular flexibility index (Phi) is 3.48. The number of terminal acetylenes is 1. The minimum atomic E-state index is -0.307. The average Bonchev–Trinajstić information content (AvgIpc) is 3.07. The summed E-state index contributed by atoms with van der Waals surface area (Å²) in [7, 11) is 0. The molecule has 116 valence electrons. The molecule has 1 aromatic carbocycles. The van der Waals surface area contributed by atoms with Gasteiger partial charge in [-0.15, -0.1) is 6.42 Å². The van der Waals surface area contributed by atoms with Crippen molar-refractivity contribution in [2.45, 2.75) is 0 Å². The number of fused-ring (bicyclic) bond motifs is 2. The molecule has 0 saturated heterocycles. The number of pyridine rings is 1. The molecule has 4 aromatic rings. The second-order valence-electron chi connectivity index (χ2n) is 5.09. The van der Waals surface area contributed by atoms with E-state index in [4.69, 9.17) is 10.8 Å². The second kappa shape index (κ2) is 5.80. The largest absolute Gasteiger partial charge is 0.464 e. The quantitative estimate of drug-likeness (QED) is 0.536. The van der Waals surface area contributed by atoms with Gasteiger partial charge in [-0.1, -0.05) is 17.3 Å². The molecule has 6 heteroatoms. The van der Waals surface area contributed by atoms with Crippen molar-refractivity contribution < 1.29 is 4.42 Å². The number of benzene rings is 1. The zero-order valence-electron chi connectivity index (χ0n) is 12.5. The summed E-state index contributed by atoms with van der Waals surface area (Å²) in [5, 5.41) is 1.99. The molecule has 0 spiro atoms. The average molecular weight is 333 g/mol. The lowest BCUT2D eigenvalue weighted by atomic mass is 10.2. The maximum absolute atomic E-state index is 12.3. The second-order valence-corrected chi connectivity index (χ2v) is 6.05. The van der Waals surface area contributed by atoms with Gasteiger partial charge >= 0.3 is 0 Å². The Hall–Kier alpha value is -3.17. The topological polar surface area (TPSA) is 59.2 Å². The van der Waals surface area contributed by atoms with Crippen LogP contribution in [0.5, 0.6) is 0 Å². The van der Waals surface area contributed by atoms with E-state index in [-0.39, 0.29) is 5.56 Å². The highest BCUT2D eigenvalue weighted by atomic mass is 32.1. The highest BCUT2D eigenvalue weighted by molar-refractivity contribution is 7.21. The Labute approximate surface area is 141 Å². The summed E-state index contributed by atoms with van der Waals surface area (Å²) in [5.74, 6) is 2.62. The van der Waals surface area contributed by atoms with Gasteiger partial charge in [-0.2, -0.15) is 4.98 Å². The third-order valence-corrected chi connectivity index (χ3v) is 4.63. The summed E-state index contributed by atoms with van der Waals surface area (Å²) in [4.78, 5) is 23.2. The summed E-state index contributed by atoms with van der Waals surface area (Å²) < 4.78 is 5.36. The minimum absolute atomic E-state index is 0.296. The summed E-state index contributed by atoms with van der Waals surface area (Å²) in [6.07, 6.45) is 8.81. The van der Waals surface area contributed by atoms with E-state index < -0.39 is 0 Å². The molecule has 0 aliphatic rings. The smallest absolute Gasteiger partial charge is 0.282 e. The molecule has 0 radical (unpaired) electrons. The van der Waals surface area contributed by atoms with Crippen LogP contribution in [-0.2, 0) is 0 Å². The van der Waals surface area contributed by atoms with Crippen LogP contribution in [-0.4, -0.2) is 16.5 Å². The standard InChI is InChI=1S/C18H11N3O2S/c1-2-9-21(13-5-6-15-12(11-13)7-10-23-15)18-20-16(22)14-4-3-8-19-17(14)24-18/h1,3-8,10-11H,9H2. The van der Waals surface area contributed by atoms with E-state index in [9.17, 15) is 4.79 Å². The maximum atomic E-state index is 12.3. The number of hydrogen-bond donors (Lipinski definition) is 0. The molecular weight excluding hydrogens is 322 g/mol. The van der Waals surface area contributed by atoms with Crippen molar-refractivity contribution in [2.75, 3.05) is 11.4 Å². The van der Waals surface area contributed by atoms with E-state index >= 15 is 0 Å². The van der Waals surface area contributed by atoms with Gasteiger partial charge in [0.15, 0.2) is 5.13 Å². The van der Waals surface area contributed by atoms with Gasteiger partial charge in [0, 0.05) is 17.3 Å². The van der Waals surface area contributed by atoms with Gasteiger partial charge in [-0.3, -0.25) is 4.79 Å². The van der Waals surface area contributed by atoms with Crippen molar-refractivity contribution in [3.63, 3.8) is 0 Å². The van der Waals surface area contributed by atoms with E-state index in [2.05, 4.69) is 15.9 Å². The molecule has 3 aromatic heterocycles. The first-order valence-corrected chi connectivity index (χ1v) is 8.02. The normalized spacial score (nSPS) is 10.8. The van der Waals surface area contributed by atoms with Gasteiger partial charge < -0.3 is 9.32 Å². The Balaban J connectivity index is 1.89. The van der Waals surface area contributed by atoms with Gasteiger partial charge in [-0.05, 0) is 36.4 Å². The molecule has 0 aliphatic carbocycles. The van der Waals surface area contributed by atoms with E-state index in [0.717, 1.165) is 16.7 Å². The van der Waals surface area contributed by atoms with Crippen LogP contribution in [0.2, 0.25) is 0 Å². The van der Waals surface area contributed by atoms with Crippen LogP contribution in [0, 0.1) is 12.3 Å². The lowest BCUT2D eigenvalue weighted by Gasteiger charge is -2.20. The van der Waals surface area contributed by atoms with Crippen LogP contribution < -0.4 is 10.5 Å². The molecule has 3 heterocycles. The lowest BCUT2D eigenvalue weighted by molar-refractivity contribution is 0.616. The molecule has 0 bridgehead atoms. The van der Waals surface area contributed by atoms with Crippen LogP contribution in [0.25, 0.3) is 21.2 Å². The first kappa shape index (κ1) is 14.4. The Morgan fingerprint density at radius 1 is 1.29 bits per heavy atom. The van der Waals surface area contributed by atoms with E-state index in [0.29, 0.717) is 21.9 Å². The highest BCUT2D eigenvalue weighted by Gasteiger charge is 2.15.